The number of aromatic nitrogens is 1. The van der Waals surface area contributed by atoms with E-state index >= 15 is 0 Å². The highest BCUT2D eigenvalue weighted by Gasteiger charge is 2.23. The van der Waals surface area contributed by atoms with Crippen LogP contribution in [0.3, 0.4) is 0 Å². The monoisotopic (exact) mass is 387 g/mol. The number of benzene rings is 1. The van der Waals surface area contributed by atoms with E-state index in [1.165, 1.54) is 11.8 Å². The topological polar surface area (TPSA) is 54.4 Å². The summed E-state index contributed by atoms with van der Waals surface area (Å²) < 4.78 is 1.08. The lowest BCUT2D eigenvalue weighted by molar-refractivity contribution is -0.115. The molecule has 1 fully saturated rings. The number of aryl methyl sites for hydroxylation is 2. The highest BCUT2D eigenvalue weighted by atomic mass is 79.9. The smallest absolute Gasteiger partial charge is 0.264 e. The Morgan fingerprint density at radius 3 is 2.70 bits per heavy atom. The number of aliphatic imine (C=N–C) groups is 1. The van der Waals surface area contributed by atoms with Crippen LogP contribution in [0.15, 0.2) is 51.0 Å². The number of thioether (sulfide) groups is 1. The molecule has 0 saturated carbocycles. The number of nitrogens with one attached hydrogen (secondary N) is 1. The van der Waals surface area contributed by atoms with Crippen molar-refractivity contribution in [3.05, 3.63) is 62.7 Å². The van der Waals surface area contributed by atoms with Crippen LogP contribution in [0.2, 0.25) is 0 Å². The molecule has 1 aliphatic heterocycles. The van der Waals surface area contributed by atoms with Gasteiger partial charge < -0.3 is 5.32 Å². The second-order valence-corrected chi connectivity index (χ2v) is 6.99. The molecule has 1 N–H and O–H groups in total. The van der Waals surface area contributed by atoms with Crippen molar-refractivity contribution >= 4 is 50.5 Å². The average Bonchev–Trinajstić information content (AvgIpc) is 2.85. The number of halogens is 1. The normalized spacial score (nSPS) is 17.8. The minimum Gasteiger partial charge on any atom is -0.300 e. The minimum absolute atomic E-state index is 0.136. The molecular formula is C17H14BrN3OS. The Hall–Kier alpha value is -1.92. The van der Waals surface area contributed by atoms with Gasteiger partial charge in [-0.25, -0.2) is 4.99 Å². The molecule has 23 heavy (non-hydrogen) atoms. The van der Waals surface area contributed by atoms with Crippen LogP contribution in [0.1, 0.15) is 16.7 Å². The predicted octanol–water partition coefficient (Wildman–Crippen LogP) is 4.35. The zero-order valence-corrected chi connectivity index (χ0v) is 15.0. The Labute approximate surface area is 147 Å². The van der Waals surface area contributed by atoms with Gasteiger partial charge in [0.25, 0.3) is 5.91 Å². The summed E-state index contributed by atoms with van der Waals surface area (Å²) in [5, 5.41) is 3.39. The van der Waals surface area contributed by atoms with Gasteiger partial charge in [0.2, 0.25) is 0 Å². The number of nitrogens with zero attached hydrogens (tertiary/aromatic N) is 2. The van der Waals surface area contributed by atoms with Crippen molar-refractivity contribution in [2.75, 3.05) is 0 Å². The molecule has 1 saturated heterocycles. The zero-order valence-electron chi connectivity index (χ0n) is 12.6. The number of carbonyl (C=O) groups excluding carboxylic acids is 1. The Bertz CT molecular complexity index is 808. The summed E-state index contributed by atoms with van der Waals surface area (Å²) in [6, 6.07) is 7.72. The lowest BCUT2D eigenvalue weighted by Crippen LogP contribution is -2.19. The van der Waals surface area contributed by atoms with Gasteiger partial charge >= 0.3 is 0 Å². The summed E-state index contributed by atoms with van der Waals surface area (Å²) in [6.07, 6.45) is 5.24. The number of amidine groups is 1. The summed E-state index contributed by atoms with van der Waals surface area (Å²) in [5.74, 6) is -0.136. The summed E-state index contributed by atoms with van der Waals surface area (Å²) in [6.45, 7) is 4.05. The molecule has 0 unspecified atom stereocenters. The molecule has 0 radical (unpaired) electrons. The third kappa shape index (κ3) is 3.71. The fraction of sp³-hybridized carbons (Fsp3) is 0.118. The van der Waals surface area contributed by atoms with Crippen LogP contribution < -0.4 is 5.32 Å². The maximum absolute atomic E-state index is 12.1. The van der Waals surface area contributed by atoms with Crippen molar-refractivity contribution in [1.82, 2.24) is 10.3 Å². The summed E-state index contributed by atoms with van der Waals surface area (Å²) >= 11 is 4.88. The van der Waals surface area contributed by atoms with Crippen LogP contribution in [0.25, 0.3) is 6.08 Å². The number of amides is 1. The van der Waals surface area contributed by atoms with Crippen LogP contribution in [0, 0.1) is 13.8 Å². The summed E-state index contributed by atoms with van der Waals surface area (Å²) in [5.41, 5.74) is 3.95. The molecule has 4 nitrogen and oxygen atoms in total. The van der Waals surface area contributed by atoms with Gasteiger partial charge in [-0.15, -0.1) is 0 Å². The number of hydrogen-bond donors (Lipinski definition) is 1. The molecule has 3 rings (SSSR count). The third-order valence-corrected chi connectivity index (χ3v) is 5.45. The van der Waals surface area contributed by atoms with Crippen molar-refractivity contribution in [3.63, 3.8) is 0 Å². The van der Waals surface area contributed by atoms with E-state index < -0.39 is 0 Å². The second kappa shape index (κ2) is 6.68. The molecule has 6 heteroatoms. The highest BCUT2D eigenvalue weighted by Crippen LogP contribution is 2.30. The van der Waals surface area contributed by atoms with E-state index in [4.69, 9.17) is 0 Å². The molecule has 0 spiro atoms. The molecule has 1 amide bonds. The fourth-order valence-corrected chi connectivity index (χ4v) is 3.27. The molecule has 1 aromatic carbocycles. The number of carbonyl (C=O) groups is 1. The summed E-state index contributed by atoms with van der Waals surface area (Å²) in [7, 11) is 0. The molecule has 0 atom stereocenters. The first-order valence-corrected chi connectivity index (χ1v) is 8.60. The van der Waals surface area contributed by atoms with Crippen LogP contribution in [-0.2, 0) is 4.79 Å². The van der Waals surface area contributed by atoms with Crippen molar-refractivity contribution < 1.29 is 4.79 Å². The molecule has 0 bridgehead atoms. The highest BCUT2D eigenvalue weighted by molar-refractivity contribution is 9.10. The van der Waals surface area contributed by atoms with Gasteiger partial charge in [0.05, 0.1) is 10.6 Å². The quantitative estimate of drug-likeness (QED) is 0.779. The van der Waals surface area contributed by atoms with Gasteiger partial charge in [-0.2, -0.15) is 0 Å². The second-order valence-electron chi connectivity index (χ2n) is 5.16. The van der Waals surface area contributed by atoms with Crippen LogP contribution >= 0.6 is 27.7 Å². The molecule has 2 heterocycles. The molecule has 1 aromatic heterocycles. The maximum atomic E-state index is 12.1. The van der Waals surface area contributed by atoms with Gasteiger partial charge in [0.15, 0.2) is 5.17 Å². The standard InChI is InChI=1S/C17H14BrN3OS/c1-10-6-13(7-11(2)15(10)18)20-17-21-16(22)14(23-17)8-12-4-3-5-19-9-12/h3-9H,1-2H3,(H,20,21,22)/b14-8-. The third-order valence-electron chi connectivity index (χ3n) is 3.28. The lowest BCUT2D eigenvalue weighted by atomic mass is 10.1. The summed E-state index contributed by atoms with van der Waals surface area (Å²) in [4.78, 5) is 21.3. The van der Waals surface area contributed by atoms with Crippen LogP contribution in [-0.4, -0.2) is 16.1 Å². The molecule has 116 valence electrons. The van der Waals surface area contributed by atoms with Crippen LogP contribution in [0.4, 0.5) is 5.69 Å². The Morgan fingerprint density at radius 1 is 1.30 bits per heavy atom. The molecule has 2 aromatic rings. The van der Waals surface area contributed by atoms with E-state index in [-0.39, 0.29) is 5.91 Å². The van der Waals surface area contributed by atoms with Gasteiger partial charge in [0, 0.05) is 16.9 Å². The lowest BCUT2D eigenvalue weighted by Gasteiger charge is -2.04. The van der Waals surface area contributed by atoms with Gasteiger partial charge in [-0.3, -0.25) is 9.78 Å². The first-order valence-electron chi connectivity index (χ1n) is 6.99. The Kier molecular flexibility index (Phi) is 4.63. The average molecular weight is 388 g/mol. The Morgan fingerprint density at radius 2 is 2.04 bits per heavy atom. The van der Waals surface area contributed by atoms with E-state index in [0.717, 1.165) is 26.9 Å². The largest absolute Gasteiger partial charge is 0.300 e. The van der Waals surface area contributed by atoms with E-state index in [9.17, 15) is 4.79 Å². The van der Waals surface area contributed by atoms with Gasteiger partial charge in [-0.1, -0.05) is 22.0 Å². The van der Waals surface area contributed by atoms with Crippen molar-refractivity contribution in [2.45, 2.75) is 13.8 Å². The van der Waals surface area contributed by atoms with E-state index in [0.29, 0.717) is 10.1 Å². The molecular weight excluding hydrogens is 374 g/mol. The fourth-order valence-electron chi connectivity index (χ4n) is 2.20. The van der Waals surface area contributed by atoms with E-state index in [2.05, 4.69) is 31.2 Å². The predicted molar refractivity (Wildman–Crippen MR) is 98.7 cm³/mol. The maximum Gasteiger partial charge on any atom is 0.264 e. The van der Waals surface area contributed by atoms with Gasteiger partial charge in [0.1, 0.15) is 0 Å². The SMILES string of the molecule is Cc1cc(N=C2NC(=O)/C(=C/c3cccnc3)S2)cc(C)c1Br. The van der Waals surface area contributed by atoms with Crippen LogP contribution in [0.5, 0.6) is 0 Å². The van der Waals surface area contributed by atoms with E-state index in [1.54, 1.807) is 12.4 Å². The first-order chi connectivity index (χ1) is 11.0. The number of hydrogen-bond acceptors (Lipinski definition) is 4. The number of pyridine rings is 1. The minimum atomic E-state index is -0.136. The molecule has 1 aliphatic rings. The van der Waals surface area contributed by atoms with Crippen molar-refractivity contribution in [3.8, 4) is 0 Å². The van der Waals surface area contributed by atoms with Crippen molar-refractivity contribution in [1.29, 1.82) is 0 Å². The van der Waals surface area contributed by atoms with E-state index in [1.807, 2.05) is 44.2 Å². The zero-order chi connectivity index (χ0) is 16.4. The van der Waals surface area contributed by atoms with Gasteiger partial charge in [-0.05, 0) is 66.6 Å². The number of rotatable bonds is 2. The first kappa shape index (κ1) is 16.0. The molecule has 0 aliphatic carbocycles. The van der Waals surface area contributed by atoms with Crippen molar-refractivity contribution in [2.24, 2.45) is 4.99 Å². The Balaban J connectivity index is 1.86.